The Balaban J connectivity index is 0.00000200. The van der Waals surface area contributed by atoms with Crippen molar-refractivity contribution in [2.45, 2.75) is 26.0 Å². The number of nitrogens with zero attached hydrogens (tertiary/aromatic N) is 1. The van der Waals surface area contributed by atoms with Crippen molar-refractivity contribution >= 4 is 23.6 Å². The normalized spacial score (nSPS) is 29.7. The van der Waals surface area contributed by atoms with Gasteiger partial charge in [0.15, 0.2) is 0 Å². The fourth-order valence-corrected chi connectivity index (χ4v) is 3.79. The van der Waals surface area contributed by atoms with E-state index in [1.165, 1.54) is 23.8 Å². The van der Waals surface area contributed by atoms with Crippen LogP contribution < -0.4 is 56.5 Å². The van der Waals surface area contributed by atoms with Gasteiger partial charge in [-0.25, -0.2) is 0 Å². The Kier molecular flexibility index (Phi) is 6.74. The van der Waals surface area contributed by atoms with Gasteiger partial charge in [-0.1, -0.05) is 18.7 Å². The Morgan fingerprint density at radius 1 is 1.60 bits per heavy atom. The van der Waals surface area contributed by atoms with Gasteiger partial charge in [-0.3, -0.25) is 4.79 Å². The number of aliphatic hydroxyl groups is 1. The third-order valence-electron chi connectivity index (χ3n) is 3.63. The van der Waals surface area contributed by atoms with Crippen molar-refractivity contribution in [2.24, 2.45) is 11.8 Å². The van der Waals surface area contributed by atoms with Gasteiger partial charge >= 0.3 is 51.4 Å². The van der Waals surface area contributed by atoms with Crippen LogP contribution in [0.4, 0.5) is 0 Å². The molecule has 0 aliphatic carbocycles. The van der Waals surface area contributed by atoms with E-state index in [-0.39, 0.29) is 74.9 Å². The summed E-state index contributed by atoms with van der Waals surface area (Å²) in [6.45, 7) is 3.40. The number of β-lactam (4-membered cyclic amide) rings is 1. The predicted molar refractivity (Wildman–Crippen MR) is 66.5 cm³/mol. The van der Waals surface area contributed by atoms with Crippen LogP contribution in [0.1, 0.15) is 13.8 Å². The topological polar surface area (TPSA) is 89.9 Å². The van der Waals surface area contributed by atoms with Crippen LogP contribution in [0.25, 0.3) is 0 Å². The minimum absolute atomic E-state index is 0. The maximum absolute atomic E-state index is 12.0. The molecule has 4 atom stereocenters. The summed E-state index contributed by atoms with van der Waals surface area (Å²) in [7, 11) is 1.52. The molecular weight excluding hydrogens is 309 g/mol. The number of carboxylic acid groups (broad SMARTS) is 1. The molecule has 1 amide bonds. The Bertz CT molecular complexity index is 453. The number of ether oxygens (including phenoxy) is 1. The zero-order valence-corrected chi connectivity index (χ0v) is 15.9. The molecule has 20 heavy (non-hydrogen) atoms. The fourth-order valence-electron chi connectivity index (χ4n) is 2.83. The van der Waals surface area contributed by atoms with E-state index in [9.17, 15) is 19.8 Å². The van der Waals surface area contributed by atoms with E-state index in [0.717, 1.165) is 0 Å². The zero-order valence-electron chi connectivity index (χ0n) is 12.0. The third kappa shape index (κ3) is 2.89. The second kappa shape index (κ2) is 7.23. The minimum Gasteiger partial charge on any atom is -0.543 e. The summed E-state index contributed by atoms with van der Waals surface area (Å²) in [5.74, 6) is -2.07. The average Bonchev–Trinajstić information content (AvgIpc) is 2.56. The number of carboxylic acids is 1. The standard InChI is InChI=1S/C12H17NO5S.K/c1-5-8-7(6(2)14)11(15)13(8)9(12(16)17)10(5)19-4-18-3;/h5-8,14H,4H2,1-3H3,(H,16,17);/q;+1/p-1. The molecule has 1 fully saturated rings. The summed E-state index contributed by atoms with van der Waals surface area (Å²) in [5.41, 5.74) is -0.0681. The summed E-state index contributed by atoms with van der Waals surface area (Å²) in [6, 6.07) is -0.292. The number of thioether (sulfide) groups is 1. The number of carbonyl (C=O) groups is 2. The molecule has 8 heteroatoms. The Morgan fingerprint density at radius 3 is 2.65 bits per heavy atom. The molecule has 0 saturated carbocycles. The van der Waals surface area contributed by atoms with Crippen molar-refractivity contribution in [2.75, 3.05) is 13.0 Å². The van der Waals surface area contributed by atoms with Crippen LogP contribution in [0.2, 0.25) is 0 Å². The van der Waals surface area contributed by atoms with E-state index in [0.29, 0.717) is 10.8 Å². The number of amides is 1. The van der Waals surface area contributed by atoms with Crippen molar-refractivity contribution in [1.82, 2.24) is 4.90 Å². The van der Waals surface area contributed by atoms with Crippen LogP contribution in [0.15, 0.2) is 10.6 Å². The van der Waals surface area contributed by atoms with E-state index in [4.69, 9.17) is 4.74 Å². The minimum atomic E-state index is -1.36. The SMILES string of the molecule is COCSC1=C(C(=O)[O-])N2C(=O)C(C(C)O)C2C1C.[K+]. The molecule has 6 nitrogen and oxygen atoms in total. The van der Waals surface area contributed by atoms with Crippen molar-refractivity contribution in [3.05, 3.63) is 10.6 Å². The Hall–Kier alpha value is 0.586. The number of aliphatic carboxylic acids is 1. The number of hydrogen-bond acceptors (Lipinski definition) is 6. The number of methoxy groups -OCH3 is 1. The van der Waals surface area contributed by atoms with Crippen molar-refractivity contribution in [3.63, 3.8) is 0 Å². The van der Waals surface area contributed by atoms with Gasteiger partial charge in [0, 0.05) is 17.9 Å². The van der Waals surface area contributed by atoms with E-state index in [1.54, 1.807) is 6.92 Å². The molecule has 0 aromatic carbocycles. The molecule has 0 bridgehead atoms. The molecule has 2 rings (SSSR count). The van der Waals surface area contributed by atoms with Crippen molar-refractivity contribution in [3.8, 4) is 0 Å². The van der Waals surface area contributed by atoms with E-state index < -0.39 is 18.0 Å². The van der Waals surface area contributed by atoms with Crippen LogP contribution in [-0.2, 0) is 14.3 Å². The number of rotatable bonds is 5. The summed E-state index contributed by atoms with van der Waals surface area (Å²) in [4.78, 5) is 25.0. The predicted octanol–water partition coefficient (Wildman–Crippen LogP) is -3.85. The van der Waals surface area contributed by atoms with Gasteiger partial charge in [0.2, 0.25) is 5.91 Å². The first-order chi connectivity index (χ1) is 8.91. The first-order valence-electron chi connectivity index (χ1n) is 6.00. The van der Waals surface area contributed by atoms with Crippen LogP contribution >= 0.6 is 11.8 Å². The van der Waals surface area contributed by atoms with Crippen molar-refractivity contribution < 1.29 is 75.9 Å². The molecule has 1 N–H and O–H groups in total. The van der Waals surface area contributed by atoms with Gasteiger partial charge in [0.25, 0.3) is 0 Å². The Morgan fingerprint density at radius 2 is 2.20 bits per heavy atom. The molecule has 2 aliphatic rings. The smallest absolute Gasteiger partial charge is 0.543 e. The van der Waals surface area contributed by atoms with Crippen LogP contribution in [0.3, 0.4) is 0 Å². The maximum atomic E-state index is 12.0. The van der Waals surface area contributed by atoms with Crippen LogP contribution in [-0.4, -0.2) is 47.1 Å². The van der Waals surface area contributed by atoms with E-state index in [1.807, 2.05) is 6.92 Å². The van der Waals surface area contributed by atoms with Gasteiger partial charge < -0.3 is 24.6 Å². The van der Waals surface area contributed by atoms with Gasteiger partial charge in [0.1, 0.15) is 0 Å². The summed E-state index contributed by atoms with van der Waals surface area (Å²) < 4.78 is 4.93. The second-order valence-electron chi connectivity index (χ2n) is 4.81. The molecule has 4 unspecified atom stereocenters. The maximum Gasteiger partial charge on any atom is 1.00 e. The molecule has 2 heterocycles. The number of carbonyl (C=O) groups excluding carboxylic acids is 2. The Labute approximate surface area is 164 Å². The summed E-state index contributed by atoms with van der Waals surface area (Å²) in [5, 5.41) is 20.9. The van der Waals surface area contributed by atoms with Crippen LogP contribution in [0.5, 0.6) is 0 Å². The first-order valence-corrected chi connectivity index (χ1v) is 6.98. The summed E-state index contributed by atoms with van der Waals surface area (Å²) in [6.07, 6.45) is -0.786. The molecule has 106 valence electrons. The second-order valence-corrected chi connectivity index (χ2v) is 5.77. The molecular formula is C12H16KNO5S. The molecule has 0 spiro atoms. The molecule has 0 aromatic rings. The van der Waals surface area contributed by atoms with Crippen molar-refractivity contribution in [1.29, 1.82) is 0 Å². The van der Waals surface area contributed by atoms with Gasteiger partial charge in [-0.05, 0) is 6.92 Å². The molecule has 1 saturated heterocycles. The third-order valence-corrected chi connectivity index (χ3v) is 4.86. The van der Waals surface area contributed by atoms with E-state index >= 15 is 0 Å². The van der Waals surface area contributed by atoms with Gasteiger partial charge in [0.05, 0.1) is 35.7 Å². The molecule has 0 radical (unpaired) electrons. The largest absolute Gasteiger partial charge is 1.00 e. The first kappa shape index (κ1) is 18.6. The number of hydrogen-bond donors (Lipinski definition) is 1. The monoisotopic (exact) mass is 325 g/mol. The van der Waals surface area contributed by atoms with Crippen LogP contribution in [0, 0.1) is 11.8 Å². The molecule has 0 aromatic heterocycles. The summed E-state index contributed by atoms with van der Waals surface area (Å²) >= 11 is 1.25. The zero-order chi connectivity index (χ0) is 14.3. The number of aliphatic hydroxyl groups excluding tert-OH is 1. The van der Waals surface area contributed by atoms with Gasteiger partial charge in [-0.15, -0.1) is 0 Å². The number of fused-ring (bicyclic) bond motifs is 1. The average molecular weight is 325 g/mol. The molecule has 2 aliphatic heterocycles. The van der Waals surface area contributed by atoms with Gasteiger partial charge in [-0.2, -0.15) is 0 Å². The fraction of sp³-hybridized carbons (Fsp3) is 0.667. The van der Waals surface area contributed by atoms with E-state index in [2.05, 4.69) is 0 Å². The quantitative estimate of drug-likeness (QED) is 0.316.